The zero-order valence-electron chi connectivity index (χ0n) is 33.6. The minimum atomic E-state index is -0.633. The van der Waals surface area contributed by atoms with Crippen LogP contribution in [0.3, 0.4) is 0 Å². The molecule has 0 aromatic heterocycles. The smallest absolute Gasteiger partial charge is 0.0651 e. The third kappa shape index (κ3) is 5.31. The summed E-state index contributed by atoms with van der Waals surface area (Å²) in [6.45, 7) is 2.29. The van der Waals surface area contributed by atoms with Crippen LogP contribution in [-0.4, -0.2) is 0 Å². The highest BCUT2D eigenvalue weighted by molar-refractivity contribution is 6.11. The van der Waals surface area contributed by atoms with Gasteiger partial charge in [-0.3, -0.25) is 0 Å². The second kappa shape index (κ2) is 13.7. The second-order valence-corrected chi connectivity index (χ2v) is 16.7. The number of hydrogen-bond donors (Lipinski definition) is 0. The zero-order chi connectivity index (χ0) is 39.8. The molecule has 0 saturated heterocycles. The van der Waals surface area contributed by atoms with Gasteiger partial charge in [0.2, 0.25) is 0 Å². The van der Waals surface area contributed by atoms with Crippen molar-refractivity contribution in [3.8, 4) is 33.4 Å². The molecular formula is C60H42. The minimum absolute atomic E-state index is 0.633. The van der Waals surface area contributed by atoms with Crippen LogP contribution in [0.5, 0.6) is 0 Å². The van der Waals surface area contributed by atoms with Crippen LogP contribution in [0.2, 0.25) is 0 Å². The van der Waals surface area contributed by atoms with Crippen molar-refractivity contribution in [2.75, 3.05) is 0 Å². The molecule has 12 rings (SSSR count). The zero-order valence-corrected chi connectivity index (χ0v) is 33.6. The second-order valence-electron chi connectivity index (χ2n) is 16.7. The molecule has 11 aromatic rings. The van der Waals surface area contributed by atoms with Gasteiger partial charge in [-0.05, 0) is 158 Å². The Hall–Kier alpha value is -7.28. The van der Waals surface area contributed by atoms with Gasteiger partial charge in [-0.25, -0.2) is 0 Å². The highest BCUT2D eigenvalue weighted by Gasteiger charge is 2.47. The van der Waals surface area contributed by atoms with E-state index in [2.05, 4.69) is 219 Å². The molecule has 1 aliphatic carbocycles. The van der Waals surface area contributed by atoms with Gasteiger partial charge < -0.3 is 0 Å². The summed E-state index contributed by atoms with van der Waals surface area (Å²) in [6, 6.07) is 80.6. The summed E-state index contributed by atoms with van der Waals surface area (Å²) in [6.07, 6.45) is 2.14. The van der Waals surface area contributed by atoms with Gasteiger partial charge in [0.25, 0.3) is 0 Å². The molecule has 11 aromatic carbocycles. The summed E-state index contributed by atoms with van der Waals surface area (Å²) in [5.41, 5.74) is 13.6. The maximum absolute atomic E-state index is 2.57. The normalized spacial score (nSPS) is 13.0. The van der Waals surface area contributed by atoms with Crippen LogP contribution in [0.1, 0.15) is 41.2 Å². The summed E-state index contributed by atoms with van der Waals surface area (Å²) in [5, 5.41) is 12.6. The average Bonchev–Trinajstić information content (AvgIpc) is 3.61. The lowest BCUT2D eigenvalue weighted by atomic mass is 9.66. The predicted octanol–water partition coefficient (Wildman–Crippen LogP) is 16.1. The van der Waals surface area contributed by atoms with Crippen LogP contribution in [0.15, 0.2) is 212 Å². The van der Waals surface area contributed by atoms with Crippen LogP contribution in [0.25, 0.3) is 87.2 Å². The Balaban J connectivity index is 1.25. The van der Waals surface area contributed by atoms with E-state index in [0.717, 1.165) is 12.8 Å². The van der Waals surface area contributed by atoms with Gasteiger partial charge in [-0.2, -0.15) is 0 Å². The standard InChI is InChI=1S/C60H42/c1-2-11-39-20-30-53-55(50-24-22-41-13-4-8-17-45(41)34-50)38-58-59(56(53)32-39)54-31-27-49(48-23-21-40-12-3-7-16-44(40)33-48)37-57(54)60(58,51-28-25-42-14-5-9-18-46(42)35-51)52-29-26-43-15-6-10-19-47(43)36-52/h3-10,12-38H,2,11H2,1H3. The van der Waals surface area contributed by atoms with E-state index in [1.807, 2.05) is 0 Å². The van der Waals surface area contributed by atoms with Crippen molar-refractivity contribution >= 4 is 53.9 Å². The fourth-order valence-electron chi connectivity index (χ4n) is 10.5. The van der Waals surface area contributed by atoms with Crippen LogP contribution in [-0.2, 0) is 11.8 Å². The third-order valence-electron chi connectivity index (χ3n) is 13.3. The van der Waals surface area contributed by atoms with Crippen molar-refractivity contribution in [3.63, 3.8) is 0 Å². The van der Waals surface area contributed by atoms with Gasteiger partial charge in [0.15, 0.2) is 0 Å². The minimum Gasteiger partial charge on any atom is -0.0651 e. The largest absolute Gasteiger partial charge is 0.0714 e. The fourth-order valence-corrected chi connectivity index (χ4v) is 10.5. The van der Waals surface area contributed by atoms with Crippen molar-refractivity contribution in [1.29, 1.82) is 0 Å². The highest BCUT2D eigenvalue weighted by Crippen LogP contribution is 2.60. The Kier molecular flexibility index (Phi) is 7.90. The monoisotopic (exact) mass is 762 g/mol. The first-order valence-corrected chi connectivity index (χ1v) is 21.4. The molecule has 0 amide bonds. The highest BCUT2D eigenvalue weighted by atomic mass is 14.5. The van der Waals surface area contributed by atoms with E-state index >= 15 is 0 Å². The van der Waals surface area contributed by atoms with Gasteiger partial charge >= 0.3 is 0 Å². The van der Waals surface area contributed by atoms with E-state index in [4.69, 9.17) is 0 Å². The van der Waals surface area contributed by atoms with Gasteiger partial charge in [0, 0.05) is 0 Å². The molecule has 0 fully saturated rings. The number of fused-ring (bicyclic) bond motifs is 9. The molecule has 0 heteroatoms. The van der Waals surface area contributed by atoms with Gasteiger partial charge in [-0.15, -0.1) is 0 Å². The molecule has 0 N–H and O–H groups in total. The van der Waals surface area contributed by atoms with Crippen LogP contribution < -0.4 is 0 Å². The first kappa shape index (κ1) is 34.7. The summed E-state index contributed by atoms with van der Waals surface area (Å²) in [5.74, 6) is 0. The van der Waals surface area contributed by atoms with Crippen molar-refractivity contribution in [3.05, 3.63) is 240 Å². The first-order valence-electron chi connectivity index (χ1n) is 21.4. The Labute approximate surface area is 351 Å². The van der Waals surface area contributed by atoms with E-state index in [0.29, 0.717) is 0 Å². The molecule has 282 valence electrons. The van der Waals surface area contributed by atoms with Gasteiger partial charge in [0.05, 0.1) is 5.41 Å². The lowest BCUT2D eigenvalue weighted by Gasteiger charge is -2.35. The molecule has 0 radical (unpaired) electrons. The molecule has 1 aliphatic rings. The maximum Gasteiger partial charge on any atom is 0.0714 e. The first-order chi connectivity index (χ1) is 29.7. The average molecular weight is 763 g/mol. The number of hydrogen-bond acceptors (Lipinski definition) is 0. The molecular weight excluding hydrogens is 721 g/mol. The summed E-state index contributed by atoms with van der Waals surface area (Å²) < 4.78 is 0. The van der Waals surface area contributed by atoms with Crippen LogP contribution in [0, 0.1) is 0 Å². The van der Waals surface area contributed by atoms with E-state index in [1.165, 1.54) is 115 Å². The molecule has 0 aliphatic heterocycles. The molecule has 0 spiro atoms. The van der Waals surface area contributed by atoms with Crippen LogP contribution in [0.4, 0.5) is 0 Å². The van der Waals surface area contributed by atoms with E-state index < -0.39 is 5.41 Å². The lowest BCUT2D eigenvalue weighted by Crippen LogP contribution is -2.28. The number of rotatable bonds is 6. The van der Waals surface area contributed by atoms with Gasteiger partial charge in [0.1, 0.15) is 0 Å². The molecule has 0 saturated carbocycles. The van der Waals surface area contributed by atoms with Crippen molar-refractivity contribution in [2.45, 2.75) is 25.2 Å². The van der Waals surface area contributed by atoms with E-state index in [1.54, 1.807) is 0 Å². The summed E-state index contributed by atoms with van der Waals surface area (Å²) >= 11 is 0. The third-order valence-corrected chi connectivity index (χ3v) is 13.3. The molecule has 0 atom stereocenters. The van der Waals surface area contributed by atoms with E-state index in [-0.39, 0.29) is 0 Å². The van der Waals surface area contributed by atoms with Gasteiger partial charge in [-0.1, -0.05) is 189 Å². The quantitative estimate of drug-likeness (QED) is 0.158. The van der Waals surface area contributed by atoms with Crippen molar-refractivity contribution < 1.29 is 0 Å². The molecule has 0 nitrogen and oxygen atoms in total. The predicted molar refractivity (Wildman–Crippen MR) is 256 cm³/mol. The Morgan fingerprint density at radius 3 is 1.40 bits per heavy atom. The Bertz CT molecular complexity index is 3430. The summed E-state index contributed by atoms with van der Waals surface area (Å²) in [7, 11) is 0. The van der Waals surface area contributed by atoms with Crippen molar-refractivity contribution in [2.24, 2.45) is 0 Å². The topological polar surface area (TPSA) is 0 Å². The molecule has 60 heavy (non-hydrogen) atoms. The molecule has 0 unspecified atom stereocenters. The SMILES string of the molecule is CCCc1ccc2c(-c3ccc4ccccc4c3)cc3c(c2c1)-c1ccc(-c2ccc4ccccc4c2)cc1C3(c1ccc2ccccc2c1)c1ccc2ccccc2c1. The van der Waals surface area contributed by atoms with Crippen LogP contribution >= 0.6 is 0 Å². The number of aryl methyl sites for hydroxylation is 1. The van der Waals surface area contributed by atoms with E-state index in [9.17, 15) is 0 Å². The molecule has 0 bridgehead atoms. The molecule has 0 heterocycles. The summed E-state index contributed by atoms with van der Waals surface area (Å²) in [4.78, 5) is 0. The fraction of sp³-hybridized carbons (Fsp3) is 0.0667. The maximum atomic E-state index is 2.57. The van der Waals surface area contributed by atoms with Crippen molar-refractivity contribution in [1.82, 2.24) is 0 Å². The lowest BCUT2D eigenvalue weighted by molar-refractivity contribution is 0.772. The number of benzene rings is 11. The Morgan fingerprint density at radius 2 is 0.817 bits per heavy atom. The Morgan fingerprint density at radius 1 is 0.333 bits per heavy atom.